The van der Waals surface area contributed by atoms with Gasteiger partial charge in [-0.1, -0.05) is 46.8 Å². The van der Waals surface area contributed by atoms with Crippen LogP contribution >= 0.6 is 11.3 Å². The van der Waals surface area contributed by atoms with Crippen molar-refractivity contribution in [3.8, 4) is 0 Å². The van der Waals surface area contributed by atoms with Crippen molar-refractivity contribution >= 4 is 44.2 Å². The summed E-state index contributed by atoms with van der Waals surface area (Å²) in [5.74, 6) is 0.583. The molecule has 0 spiro atoms. The van der Waals surface area contributed by atoms with Gasteiger partial charge in [0.05, 0.1) is 49.9 Å². The third-order valence-electron chi connectivity index (χ3n) is 14.6. The van der Waals surface area contributed by atoms with E-state index >= 15 is 0 Å². The number of nitrogens with one attached hydrogen (secondary N) is 1. The zero-order valence-electron chi connectivity index (χ0n) is 29.2. The van der Waals surface area contributed by atoms with Crippen LogP contribution in [-0.4, -0.2) is 42.8 Å². The maximum atomic E-state index is 13.1. The fourth-order valence-electron chi connectivity index (χ4n) is 12.2. The zero-order chi connectivity index (χ0) is 33.9. The molecule has 0 radical (unpaired) electrons. The smallest absolute Gasteiger partial charge is 0.224 e. The van der Waals surface area contributed by atoms with E-state index in [1.54, 1.807) is 11.3 Å². The summed E-state index contributed by atoms with van der Waals surface area (Å²) in [6.07, 6.45) is 5.79. The molecule has 2 aromatic heterocycles. The van der Waals surface area contributed by atoms with Crippen LogP contribution in [0.15, 0.2) is 48.0 Å². The lowest BCUT2D eigenvalue weighted by molar-refractivity contribution is -0.224. The number of para-hydroxylation sites is 2. The Morgan fingerprint density at radius 3 is 2.48 bits per heavy atom. The predicted octanol–water partition coefficient (Wildman–Crippen LogP) is 8.08. The molecule has 3 saturated carbocycles. The summed E-state index contributed by atoms with van der Waals surface area (Å²) < 4.78 is 1.04. The van der Waals surface area contributed by atoms with E-state index in [-0.39, 0.29) is 45.8 Å². The Kier molecular flexibility index (Phi) is 7.25. The summed E-state index contributed by atoms with van der Waals surface area (Å²) in [7, 11) is 0. The third kappa shape index (κ3) is 4.57. The fourth-order valence-corrected chi connectivity index (χ4v) is 12.9. The number of aliphatic hydroxyl groups excluding tert-OH is 1. The minimum atomic E-state index is -1.06. The highest BCUT2D eigenvalue weighted by molar-refractivity contribution is 7.16. The molecule has 4 aliphatic carbocycles. The molecule has 8 heteroatoms. The fraction of sp³-hybridized carbons (Fsp3) is 0.600. The number of nitrogens with zero attached hydrogens (tertiary/aromatic N) is 3. The summed E-state index contributed by atoms with van der Waals surface area (Å²) >= 11 is 1.55. The monoisotopic (exact) mass is 666 g/mol. The first kappa shape index (κ1) is 32.3. The van der Waals surface area contributed by atoms with E-state index in [0.29, 0.717) is 18.3 Å². The van der Waals surface area contributed by atoms with E-state index in [2.05, 4.69) is 57.1 Å². The largest absolute Gasteiger partial charge is 0.393 e. The molecule has 0 saturated heterocycles. The number of anilines is 1. The standard InChI is InChI=1S/C40H50N4O3S/c1-36(2)31-14-17-38(4)32(37(31,3)21-28-35(36)44-26-10-8-7-9-25(26)43-28)20-29(45)34-24(13-16-39(34,38)5)40(6,47)18-15-33(46)42-23-11-12-27-30(19-23)48-22-41-27/h7-12,19,22,24,29,31-32,34,45,47H,13-18,20-21H2,1-6H3,(H,42,46)/t24-,29+,31-,32+,34-,37-,38+,39+,40-/m0/s1. The molecule has 48 heavy (non-hydrogen) atoms. The molecule has 2 aromatic carbocycles. The van der Waals surface area contributed by atoms with Crippen molar-refractivity contribution in [2.24, 2.45) is 39.9 Å². The summed E-state index contributed by atoms with van der Waals surface area (Å²) in [5.41, 5.74) is 6.36. The third-order valence-corrected chi connectivity index (χ3v) is 15.4. The number of carbonyl (C=O) groups excluding carboxylic acids is 1. The van der Waals surface area contributed by atoms with Crippen molar-refractivity contribution in [2.45, 2.75) is 110 Å². The molecule has 0 bridgehead atoms. The van der Waals surface area contributed by atoms with Crippen LogP contribution in [0.1, 0.15) is 97.9 Å². The number of rotatable bonds is 5. The topological polar surface area (TPSA) is 108 Å². The van der Waals surface area contributed by atoms with Crippen molar-refractivity contribution in [2.75, 3.05) is 5.32 Å². The molecule has 2 heterocycles. The van der Waals surface area contributed by atoms with Crippen molar-refractivity contribution in [3.63, 3.8) is 0 Å². The van der Waals surface area contributed by atoms with Crippen molar-refractivity contribution in [3.05, 3.63) is 59.4 Å². The molecule has 0 aliphatic heterocycles. The number of carbonyl (C=O) groups is 1. The Bertz CT molecular complexity index is 1920. The lowest BCUT2D eigenvalue weighted by atomic mass is 9.35. The molecule has 254 valence electrons. The second-order valence-corrected chi connectivity index (χ2v) is 18.2. The Hall–Kier alpha value is -2.94. The average molecular weight is 667 g/mol. The van der Waals surface area contributed by atoms with E-state index in [9.17, 15) is 15.0 Å². The summed E-state index contributed by atoms with van der Waals surface area (Å²) in [6.45, 7) is 14.1. The highest BCUT2D eigenvalue weighted by atomic mass is 32.1. The lowest BCUT2D eigenvalue weighted by Crippen LogP contribution is -2.66. The Labute approximate surface area is 288 Å². The van der Waals surface area contributed by atoms with E-state index in [0.717, 1.165) is 76.9 Å². The maximum absolute atomic E-state index is 13.1. The minimum absolute atomic E-state index is 0.0114. The van der Waals surface area contributed by atoms with Crippen LogP contribution in [0.2, 0.25) is 0 Å². The molecular weight excluding hydrogens is 617 g/mol. The first-order valence-electron chi connectivity index (χ1n) is 18.0. The van der Waals surface area contributed by atoms with Crippen LogP contribution in [0.5, 0.6) is 0 Å². The molecule has 3 N–H and O–H groups in total. The van der Waals surface area contributed by atoms with Gasteiger partial charge in [-0.2, -0.15) is 0 Å². The van der Waals surface area contributed by atoms with E-state index in [4.69, 9.17) is 9.97 Å². The highest BCUT2D eigenvalue weighted by Gasteiger charge is 2.71. The number of aliphatic hydroxyl groups is 2. The van der Waals surface area contributed by atoms with Gasteiger partial charge in [-0.25, -0.2) is 15.0 Å². The number of fused-ring (bicyclic) bond motifs is 8. The number of hydrogen-bond acceptors (Lipinski definition) is 7. The summed E-state index contributed by atoms with van der Waals surface area (Å²) in [6, 6.07) is 14.0. The highest BCUT2D eigenvalue weighted by Crippen LogP contribution is 2.75. The van der Waals surface area contributed by atoms with Gasteiger partial charge in [0.25, 0.3) is 0 Å². The van der Waals surface area contributed by atoms with Crippen LogP contribution in [0, 0.1) is 39.9 Å². The SMILES string of the molecule is CC1(C)c2nc3ccccc3nc2C[C@]2(C)[C@H]3C[C@@H](O)[C@@H]4[C@@H]([C@@](C)(O)CCC(=O)Nc5ccc6ncsc6c5)CC[C@@]4(C)[C@]3(C)CC[C@@H]12. The number of aromatic nitrogens is 3. The van der Waals surface area contributed by atoms with Crippen molar-refractivity contribution < 1.29 is 15.0 Å². The van der Waals surface area contributed by atoms with Gasteiger partial charge in [0.15, 0.2) is 0 Å². The van der Waals surface area contributed by atoms with Gasteiger partial charge in [-0.05, 0) is 122 Å². The first-order valence-corrected chi connectivity index (χ1v) is 18.9. The van der Waals surface area contributed by atoms with E-state index in [1.807, 2.05) is 42.8 Å². The Morgan fingerprint density at radius 1 is 0.979 bits per heavy atom. The van der Waals surface area contributed by atoms with Crippen LogP contribution in [-0.2, 0) is 16.6 Å². The van der Waals surface area contributed by atoms with Crippen molar-refractivity contribution in [1.29, 1.82) is 0 Å². The number of hydrogen-bond donors (Lipinski definition) is 3. The van der Waals surface area contributed by atoms with Gasteiger partial charge in [-0.15, -0.1) is 11.3 Å². The molecule has 7 nitrogen and oxygen atoms in total. The molecule has 4 aliphatic rings. The van der Waals surface area contributed by atoms with Crippen molar-refractivity contribution in [1.82, 2.24) is 15.0 Å². The van der Waals surface area contributed by atoms with Gasteiger partial charge < -0.3 is 15.5 Å². The molecule has 3 fully saturated rings. The number of amides is 1. The van der Waals surface area contributed by atoms with Gasteiger partial charge in [0.1, 0.15) is 0 Å². The van der Waals surface area contributed by atoms with E-state index < -0.39 is 11.7 Å². The zero-order valence-corrected chi connectivity index (χ0v) is 30.0. The Morgan fingerprint density at radius 2 is 1.71 bits per heavy atom. The second kappa shape index (κ2) is 10.8. The van der Waals surface area contributed by atoms with Gasteiger partial charge in [0.2, 0.25) is 5.91 Å². The van der Waals surface area contributed by atoms with Crippen LogP contribution in [0.25, 0.3) is 21.3 Å². The minimum Gasteiger partial charge on any atom is -0.393 e. The summed E-state index contributed by atoms with van der Waals surface area (Å²) in [4.78, 5) is 27.9. The van der Waals surface area contributed by atoms with E-state index in [1.165, 1.54) is 0 Å². The average Bonchev–Trinajstić information content (AvgIpc) is 3.66. The lowest BCUT2D eigenvalue weighted by Gasteiger charge is -2.69. The molecule has 0 unspecified atom stereocenters. The molecule has 1 amide bonds. The molecule has 9 atom stereocenters. The Balaban J connectivity index is 1.04. The molecule has 8 rings (SSSR count). The van der Waals surface area contributed by atoms with Gasteiger partial charge in [0, 0.05) is 17.5 Å². The molecule has 4 aromatic rings. The second-order valence-electron chi connectivity index (χ2n) is 17.3. The van der Waals surface area contributed by atoms with Crippen LogP contribution < -0.4 is 5.32 Å². The number of thiazole rings is 1. The molecular formula is C40H50N4O3S. The van der Waals surface area contributed by atoms with Crippen LogP contribution in [0.4, 0.5) is 5.69 Å². The number of benzene rings is 2. The van der Waals surface area contributed by atoms with Gasteiger partial charge in [-0.3, -0.25) is 4.79 Å². The van der Waals surface area contributed by atoms with Gasteiger partial charge >= 0.3 is 0 Å². The summed E-state index contributed by atoms with van der Waals surface area (Å²) in [5, 5.41) is 27.3. The predicted molar refractivity (Wildman–Crippen MR) is 192 cm³/mol. The maximum Gasteiger partial charge on any atom is 0.224 e. The first-order chi connectivity index (χ1) is 22.7. The van der Waals surface area contributed by atoms with Crippen LogP contribution in [0.3, 0.4) is 0 Å². The quantitative estimate of drug-likeness (QED) is 0.199. The normalized spacial score (nSPS) is 36.5.